The molecule has 1 aliphatic carbocycles. The van der Waals surface area contributed by atoms with Gasteiger partial charge in [0.1, 0.15) is 0 Å². The van der Waals surface area contributed by atoms with Gasteiger partial charge < -0.3 is 0 Å². The monoisotopic (exact) mass is 322 g/mol. The Hall–Kier alpha value is 0. The van der Waals surface area contributed by atoms with E-state index in [0.29, 0.717) is 16.2 Å². The smallest absolute Gasteiger partial charge is 0.0275 e. The van der Waals surface area contributed by atoms with Crippen molar-refractivity contribution in [3.8, 4) is 0 Å². The Kier molecular flexibility index (Phi) is 8.67. The molecule has 0 heterocycles. The van der Waals surface area contributed by atoms with Crippen LogP contribution >= 0.6 is 0 Å². The summed E-state index contributed by atoms with van der Waals surface area (Å²) in [5.74, 6) is 0. The van der Waals surface area contributed by atoms with Crippen LogP contribution in [0.25, 0.3) is 0 Å². The average molecular weight is 323 g/mol. The largest absolute Gasteiger partial charge is 0.0649 e. The third-order valence-electron chi connectivity index (χ3n) is 7.43. The van der Waals surface area contributed by atoms with Gasteiger partial charge in [-0.15, -0.1) is 0 Å². The highest BCUT2D eigenvalue weighted by atomic mass is 14.4. The van der Waals surface area contributed by atoms with Crippen LogP contribution in [0.5, 0.6) is 0 Å². The van der Waals surface area contributed by atoms with Crippen molar-refractivity contribution < 1.29 is 0 Å². The second kappa shape index (κ2) is 9.47. The van der Waals surface area contributed by atoms with Crippen molar-refractivity contribution in [2.24, 2.45) is 16.2 Å². The zero-order chi connectivity index (χ0) is 17.4. The fourth-order valence-corrected chi connectivity index (χ4v) is 4.47. The molecule has 23 heavy (non-hydrogen) atoms. The van der Waals surface area contributed by atoms with E-state index in [1.165, 1.54) is 89.9 Å². The quantitative estimate of drug-likeness (QED) is 0.477. The van der Waals surface area contributed by atoms with Crippen LogP contribution in [-0.4, -0.2) is 0 Å². The Morgan fingerprint density at radius 1 is 0.609 bits per heavy atom. The Bertz CT molecular complexity index is 312. The van der Waals surface area contributed by atoms with E-state index in [9.17, 15) is 0 Å². The van der Waals surface area contributed by atoms with Crippen molar-refractivity contribution in [2.75, 3.05) is 0 Å². The summed E-state index contributed by atoms with van der Waals surface area (Å²) < 4.78 is 0. The molecule has 0 bridgehead atoms. The summed E-state index contributed by atoms with van der Waals surface area (Å²) >= 11 is 0. The molecular formula is C23H46. The maximum absolute atomic E-state index is 2.59. The SMILES string of the molecule is CCC(C)(C)C1(C)CCCCCCCC(C)(C)CCCCCC1. The minimum absolute atomic E-state index is 0.489. The normalized spacial score (nSPS) is 29.5. The van der Waals surface area contributed by atoms with Gasteiger partial charge in [-0.25, -0.2) is 0 Å². The van der Waals surface area contributed by atoms with Gasteiger partial charge in [0.25, 0.3) is 0 Å². The molecule has 1 rings (SSSR count). The van der Waals surface area contributed by atoms with Crippen LogP contribution in [-0.2, 0) is 0 Å². The highest BCUT2D eigenvalue weighted by molar-refractivity contribution is 4.88. The number of rotatable bonds is 2. The third kappa shape index (κ3) is 7.18. The van der Waals surface area contributed by atoms with Gasteiger partial charge in [0, 0.05) is 0 Å². The van der Waals surface area contributed by atoms with Gasteiger partial charge in [0.05, 0.1) is 0 Å². The minimum Gasteiger partial charge on any atom is -0.0649 e. The first kappa shape index (κ1) is 21.0. The van der Waals surface area contributed by atoms with Gasteiger partial charge in [-0.3, -0.25) is 0 Å². The first-order valence-corrected chi connectivity index (χ1v) is 10.7. The molecule has 138 valence electrons. The second-order valence-corrected chi connectivity index (χ2v) is 10.1. The van der Waals surface area contributed by atoms with Crippen LogP contribution in [0.1, 0.15) is 131 Å². The van der Waals surface area contributed by atoms with E-state index in [-0.39, 0.29) is 0 Å². The van der Waals surface area contributed by atoms with E-state index >= 15 is 0 Å². The minimum atomic E-state index is 0.489. The second-order valence-electron chi connectivity index (χ2n) is 10.1. The molecule has 1 atom stereocenters. The number of hydrogen-bond acceptors (Lipinski definition) is 0. The van der Waals surface area contributed by atoms with Crippen molar-refractivity contribution in [1.29, 1.82) is 0 Å². The van der Waals surface area contributed by atoms with Crippen LogP contribution in [0, 0.1) is 16.2 Å². The highest BCUT2D eigenvalue weighted by Gasteiger charge is 2.38. The summed E-state index contributed by atoms with van der Waals surface area (Å²) in [7, 11) is 0. The Morgan fingerprint density at radius 2 is 0.957 bits per heavy atom. The molecule has 0 N–H and O–H groups in total. The Labute approximate surface area is 148 Å². The molecule has 0 aromatic heterocycles. The highest BCUT2D eigenvalue weighted by Crippen LogP contribution is 2.49. The van der Waals surface area contributed by atoms with Gasteiger partial charge in [-0.1, -0.05) is 106 Å². The average Bonchev–Trinajstić information content (AvgIpc) is 2.49. The van der Waals surface area contributed by atoms with E-state index in [4.69, 9.17) is 0 Å². The molecule has 0 nitrogen and oxygen atoms in total. The molecule has 0 spiro atoms. The molecule has 0 aromatic rings. The molecule has 0 saturated heterocycles. The van der Waals surface area contributed by atoms with E-state index in [0.717, 1.165) is 0 Å². The van der Waals surface area contributed by atoms with Gasteiger partial charge in [-0.05, 0) is 41.9 Å². The van der Waals surface area contributed by atoms with Gasteiger partial charge in [0.2, 0.25) is 0 Å². The first-order chi connectivity index (χ1) is 10.7. The molecule has 1 aliphatic rings. The molecule has 0 radical (unpaired) electrons. The number of hydrogen-bond donors (Lipinski definition) is 0. The zero-order valence-corrected chi connectivity index (χ0v) is 17.4. The van der Waals surface area contributed by atoms with Crippen molar-refractivity contribution in [3.05, 3.63) is 0 Å². The van der Waals surface area contributed by atoms with Crippen LogP contribution in [0.15, 0.2) is 0 Å². The lowest BCUT2D eigenvalue weighted by Gasteiger charge is -2.45. The summed E-state index contributed by atoms with van der Waals surface area (Å²) in [5, 5.41) is 0. The predicted octanol–water partition coefficient (Wildman–Crippen LogP) is 8.54. The van der Waals surface area contributed by atoms with E-state index in [1.54, 1.807) is 0 Å². The molecule has 0 amide bonds. The molecule has 1 saturated carbocycles. The lowest BCUT2D eigenvalue weighted by atomic mass is 9.60. The van der Waals surface area contributed by atoms with E-state index in [2.05, 4.69) is 41.5 Å². The fraction of sp³-hybridized carbons (Fsp3) is 1.00. The van der Waals surface area contributed by atoms with Gasteiger partial charge >= 0.3 is 0 Å². The molecular weight excluding hydrogens is 276 g/mol. The van der Waals surface area contributed by atoms with Crippen molar-refractivity contribution in [1.82, 2.24) is 0 Å². The Balaban J connectivity index is 2.62. The summed E-state index contributed by atoms with van der Waals surface area (Å²) in [6.45, 7) is 15.0. The fourth-order valence-electron chi connectivity index (χ4n) is 4.47. The predicted molar refractivity (Wildman–Crippen MR) is 106 cm³/mol. The maximum Gasteiger partial charge on any atom is -0.0275 e. The Morgan fingerprint density at radius 3 is 1.35 bits per heavy atom. The lowest BCUT2D eigenvalue weighted by molar-refractivity contribution is 0.0562. The van der Waals surface area contributed by atoms with Crippen LogP contribution in [0.4, 0.5) is 0 Å². The molecule has 0 aliphatic heterocycles. The van der Waals surface area contributed by atoms with Crippen LogP contribution in [0.3, 0.4) is 0 Å². The zero-order valence-electron chi connectivity index (χ0n) is 17.4. The summed E-state index contributed by atoms with van der Waals surface area (Å²) in [6.07, 6.45) is 20.1. The van der Waals surface area contributed by atoms with Crippen molar-refractivity contribution >= 4 is 0 Å². The maximum atomic E-state index is 2.59. The van der Waals surface area contributed by atoms with E-state index < -0.39 is 0 Å². The lowest BCUT2D eigenvalue weighted by Crippen LogP contribution is -2.35. The summed E-state index contributed by atoms with van der Waals surface area (Å²) in [6, 6.07) is 0. The van der Waals surface area contributed by atoms with Crippen molar-refractivity contribution in [3.63, 3.8) is 0 Å². The van der Waals surface area contributed by atoms with Gasteiger partial charge in [-0.2, -0.15) is 0 Å². The van der Waals surface area contributed by atoms with Crippen LogP contribution < -0.4 is 0 Å². The van der Waals surface area contributed by atoms with Gasteiger partial charge in [0.15, 0.2) is 0 Å². The summed E-state index contributed by atoms with van der Waals surface area (Å²) in [5.41, 5.74) is 1.61. The first-order valence-electron chi connectivity index (χ1n) is 10.7. The summed E-state index contributed by atoms with van der Waals surface area (Å²) in [4.78, 5) is 0. The van der Waals surface area contributed by atoms with Crippen LogP contribution in [0.2, 0.25) is 0 Å². The van der Waals surface area contributed by atoms with E-state index in [1.807, 2.05) is 0 Å². The topological polar surface area (TPSA) is 0 Å². The molecule has 1 fully saturated rings. The molecule has 0 aromatic carbocycles. The standard InChI is InChI=1S/C23H46/c1-7-22(4,5)23(6)19-15-10-8-9-13-17-21(2,3)18-14-11-12-16-20-23/h7-20H2,1-6H3. The molecule has 0 heteroatoms. The molecule has 1 unspecified atom stereocenters. The van der Waals surface area contributed by atoms with Crippen molar-refractivity contribution in [2.45, 2.75) is 131 Å². The third-order valence-corrected chi connectivity index (χ3v) is 7.43.